The Bertz CT molecular complexity index is 1240. The number of hydrogen-bond donors (Lipinski definition) is 0. The van der Waals surface area contributed by atoms with E-state index >= 15 is 0 Å². The molecule has 0 fully saturated rings. The van der Waals surface area contributed by atoms with Crippen molar-refractivity contribution < 1.29 is 8.83 Å². The quantitative estimate of drug-likeness (QED) is 0.219. The topological polar surface area (TPSA) is 87.7 Å². The minimum Gasteiger partial charge on any atom is -0.461 e. The Labute approximate surface area is 205 Å². The number of thioether (sulfide) groups is 2. The molecule has 174 valence electrons. The molecule has 5 rings (SSSR count). The number of hydrogen-bond acceptors (Lipinski definition) is 8. The molecule has 4 heterocycles. The molecular formula is C24H24N6O2S2. The van der Waals surface area contributed by atoms with E-state index in [0.717, 1.165) is 58.1 Å². The summed E-state index contributed by atoms with van der Waals surface area (Å²) in [7, 11) is 0. The van der Waals surface area contributed by atoms with Crippen molar-refractivity contribution in [2.24, 2.45) is 0 Å². The highest BCUT2D eigenvalue weighted by Gasteiger charge is 2.16. The van der Waals surface area contributed by atoms with Gasteiger partial charge < -0.3 is 8.83 Å². The minimum absolute atomic E-state index is 0.732. The Morgan fingerprint density at radius 3 is 1.59 bits per heavy atom. The molecule has 0 unspecified atom stereocenters. The zero-order valence-corrected chi connectivity index (χ0v) is 20.6. The summed E-state index contributed by atoms with van der Waals surface area (Å²) in [5.74, 6) is 4.60. The van der Waals surface area contributed by atoms with Crippen molar-refractivity contribution in [2.75, 3.05) is 0 Å². The largest absolute Gasteiger partial charge is 0.461 e. The van der Waals surface area contributed by atoms with Crippen molar-refractivity contribution in [3.63, 3.8) is 0 Å². The highest BCUT2D eigenvalue weighted by molar-refractivity contribution is 7.98. The molecule has 0 amide bonds. The lowest BCUT2D eigenvalue weighted by Crippen LogP contribution is -1.99. The third kappa shape index (κ3) is 4.69. The Morgan fingerprint density at radius 1 is 0.676 bits per heavy atom. The van der Waals surface area contributed by atoms with Gasteiger partial charge in [0.1, 0.15) is 0 Å². The van der Waals surface area contributed by atoms with E-state index in [4.69, 9.17) is 8.83 Å². The molecule has 0 atom stereocenters. The number of furan rings is 2. The first-order valence-electron chi connectivity index (χ1n) is 11.0. The molecule has 0 bridgehead atoms. The summed E-state index contributed by atoms with van der Waals surface area (Å²) in [6.07, 6.45) is 3.31. The third-order valence-electron chi connectivity index (χ3n) is 5.28. The van der Waals surface area contributed by atoms with Crippen LogP contribution in [0.5, 0.6) is 0 Å². The lowest BCUT2D eigenvalue weighted by atomic mass is 10.2. The molecule has 0 saturated heterocycles. The maximum atomic E-state index is 5.50. The standard InChI is InChI=1S/C24H24N6O2S2/c1-3-29-21(19-10-6-12-31-19)25-27-23(29)33-15-17-8-5-9-18(14-17)16-34-24-28-26-22(30(24)4-2)20-11-7-13-32-20/h5-14H,3-4,15-16H2,1-2H3. The fraction of sp³-hybridized carbons (Fsp3) is 0.250. The molecule has 0 aliphatic rings. The number of aromatic nitrogens is 6. The van der Waals surface area contributed by atoms with Gasteiger partial charge in [-0.15, -0.1) is 20.4 Å². The molecule has 0 radical (unpaired) electrons. The first kappa shape index (κ1) is 22.5. The van der Waals surface area contributed by atoms with E-state index in [9.17, 15) is 0 Å². The van der Waals surface area contributed by atoms with Gasteiger partial charge >= 0.3 is 0 Å². The van der Waals surface area contributed by atoms with Crippen LogP contribution in [0.1, 0.15) is 25.0 Å². The van der Waals surface area contributed by atoms with Gasteiger partial charge in [-0.05, 0) is 49.2 Å². The van der Waals surface area contributed by atoms with Gasteiger partial charge in [-0.1, -0.05) is 47.8 Å². The van der Waals surface area contributed by atoms with Crippen LogP contribution in [-0.4, -0.2) is 29.5 Å². The van der Waals surface area contributed by atoms with Crippen molar-refractivity contribution in [3.05, 3.63) is 72.2 Å². The van der Waals surface area contributed by atoms with E-state index in [2.05, 4.69) is 67.6 Å². The van der Waals surface area contributed by atoms with Gasteiger partial charge in [0.15, 0.2) is 33.5 Å². The van der Waals surface area contributed by atoms with E-state index in [1.807, 2.05) is 24.3 Å². The van der Waals surface area contributed by atoms with Crippen LogP contribution in [0.25, 0.3) is 23.2 Å². The van der Waals surface area contributed by atoms with Crippen LogP contribution in [0.4, 0.5) is 0 Å². The predicted octanol–water partition coefficient (Wildman–Crippen LogP) is 6.01. The fourth-order valence-electron chi connectivity index (χ4n) is 3.64. The Balaban J connectivity index is 1.25. The van der Waals surface area contributed by atoms with Crippen molar-refractivity contribution >= 4 is 23.5 Å². The monoisotopic (exact) mass is 492 g/mol. The average Bonchev–Trinajstić information content (AvgIpc) is 3.67. The number of nitrogens with zero attached hydrogens (tertiary/aromatic N) is 6. The molecule has 0 saturated carbocycles. The molecule has 0 aliphatic heterocycles. The van der Waals surface area contributed by atoms with Gasteiger partial charge in [-0.25, -0.2) is 0 Å². The first-order chi connectivity index (χ1) is 16.8. The van der Waals surface area contributed by atoms with Gasteiger partial charge in [0, 0.05) is 24.6 Å². The van der Waals surface area contributed by atoms with Crippen molar-refractivity contribution in [2.45, 2.75) is 48.8 Å². The normalized spacial score (nSPS) is 11.4. The van der Waals surface area contributed by atoms with Crippen LogP contribution in [0.2, 0.25) is 0 Å². The number of benzene rings is 1. The summed E-state index contributed by atoms with van der Waals surface area (Å²) in [6, 6.07) is 16.2. The zero-order valence-electron chi connectivity index (χ0n) is 18.9. The molecule has 0 aliphatic carbocycles. The first-order valence-corrected chi connectivity index (χ1v) is 13.0. The van der Waals surface area contributed by atoms with E-state index in [-0.39, 0.29) is 0 Å². The molecule has 4 aromatic heterocycles. The highest BCUT2D eigenvalue weighted by Crippen LogP contribution is 2.29. The van der Waals surface area contributed by atoms with Crippen LogP contribution in [0.3, 0.4) is 0 Å². The average molecular weight is 493 g/mol. The van der Waals surface area contributed by atoms with Crippen molar-refractivity contribution in [1.82, 2.24) is 29.5 Å². The summed E-state index contributed by atoms with van der Waals surface area (Å²) in [6.45, 7) is 5.73. The molecular weight excluding hydrogens is 468 g/mol. The summed E-state index contributed by atoms with van der Waals surface area (Å²) in [4.78, 5) is 0. The molecule has 0 N–H and O–H groups in total. The van der Waals surface area contributed by atoms with Crippen LogP contribution in [-0.2, 0) is 24.6 Å². The van der Waals surface area contributed by atoms with Crippen LogP contribution >= 0.6 is 23.5 Å². The molecule has 8 nitrogen and oxygen atoms in total. The molecule has 1 aromatic carbocycles. The second-order valence-corrected chi connectivity index (χ2v) is 9.34. The van der Waals surface area contributed by atoms with E-state index in [1.54, 1.807) is 36.1 Å². The molecule has 34 heavy (non-hydrogen) atoms. The maximum absolute atomic E-state index is 5.50. The van der Waals surface area contributed by atoms with Crippen LogP contribution in [0.15, 0.2) is 80.2 Å². The summed E-state index contributed by atoms with van der Waals surface area (Å²) < 4.78 is 15.2. The highest BCUT2D eigenvalue weighted by atomic mass is 32.2. The van der Waals surface area contributed by atoms with E-state index in [0.29, 0.717) is 0 Å². The SMILES string of the molecule is CCn1c(SCc2cccc(CSc3nnc(-c4ccco4)n3CC)c2)nnc1-c1ccco1. The minimum atomic E-state index is 0.732. The van der Waals surface area contributed by atoms with E-state index < -0.39 is 0 Å². The predicted molar refractivity (Wildman–Crippen MR) is 132 cm³/mol. The molecule has 0 spiro atoms. The van der Waals surface area contributed by atoms with Gasteiger partial charge in [0.05, 0.1) is 12.5 Å². The summed E-state index contributed by atoms with van der Waals surface area (Å²) in [5.41, 5.74) is 2.48. The van der Waals surface area contributed by atoms with Crippen LogP contribution in [0, 0.1) is 0 Å². The molecule has 10 heteroatoms. The number of rotatable bonds is 10. The van der Waals surface area contributed by atoms with Crippen molar-refractivity contribution in [3.8, 4) is 23.2 Å². The zero-order chi connectivity index (χ0) is 23.3. The van der Waals surface area contributed by atoms with E-state index in [1.165, 1.54) is 11.1 Å². The summed E-state index contributed by atoms with van der Waals surface area (Å²) in [5, 5.41) is 19.2. The lowest BCUT2D eigenvalue weighted by Gasteiger charge is -2.08. The van der Waals surface area contributed by atoms with Gasteiger partial charge in [-0.3, -0.25) is 9.13 Å². The Morgan fingerprint density at radius 2 is 1.18 bits per heavy atom. The van der Waals surface area contributed by atoms with Gasteiger partial charge in [0.25, 0.3) is 0 Å². The van der Waals surface area contributed by atoms with Gasteiger partial charge in [0.2, 0.25) is 0 Å². The van der Waals surface area contributed by atoms with Gasteiger partial charge in [-0.2, -0.15) is 0 Å². The van der Waals surface area contributed by atoms with Crippen molar-refractivity contribution in [1.29, 1.82) is 0 Å². The Kier molecular flexibility index (Phi) is 6.87. The molecule has 5 aromatic rings. The second kappa shape index (κ2) is 10.4. The maximum Gasteiger partial charge on any atom is 0.200 e. The Hall–Kier alpha value is -3.24. The fourth-order valence-corrected chi connectivity index (χ4v) is 5.53. The van der Waals surface area contributed by atoms with Crippen LogP contribution < -0.4 is 0 Å². The third-order valence-corrected chi connectivity index (χ3v) is 7.35. The second-order valence-electron chi connectivity index (χ2n) is 7.45. The lowest BCUT2D eigenvalue weighted by molar-refractivity contribution is 0.566. The smallest absolute Gasteiger partial charge is 0.200 e. The summed E-state index contributed by atoms with van der Waals surface area (Å²) >= 11 is 3.36.